The summed E-state index contributed by atoms with van der Waals surface area (Å²) in [6.45, 7) is 5.85. The summed E-state index contributed by atoms with van der Waals surface area (Å²) in [6, 6.07) is -0.386. The molecular formula is C14H26N4O3. The number of hydrogen-bond acceptors (Lipinski definition) is 5. The molecule has 7 nitrogen and oxygen atoms in total. The molecule has 2 heterocycles. The molecule has 0 radical (unpaired) electrons. The van der Waals surface area contributed by atoms with Crippen molar-refractivity contribution in [1.29, 1.82) is 0 Å². The van der Waals surface area contributed by atoms with Crippen molar-refractivity contribution in [3.63, 3.8) is 0 Å². The quantitative estimate of drug-likeness (QED) is 0.676. The van der Waals surface area contributed by atoms with E-state index in [2.05, 4.69) is 17.3 Å². The van der Waals surface area contributed by atoms with Crippen molar-refractivity contribution in [3.8, 4) is 0 Å². The van der Waals surface area contributed by atoms with Gasteiger partial charge in [0, 0.05) is 52.9 Å². The van der Waals surface area contributed by atoms with E-state index in [0.29, 0.717) is 19.7 Å². The summed E-state index contributed by atoms with van der Waals surface area (Å²) in [5.74, 6) is 0.0864. The molecule has 0 saturated carbocycles. The first-order valence-electron chi connectivity index (χ1n) is 7.59. The molecule has 2 saturated heterocycles. The van der Waals surface area contributed by atoms with Crippen molar-refractivity contribution < 1.29 is 14.3 Å². The zero-order valence-corrected chi connectivity index (χ0v) is 13.0. The molecule has 2 aliphatic rings. The fraction of sp³-hybridized carbons (Fsp3) is 0.857. The summed E-state index contributed by atoms with van der Waals surface area (Å²) in [6.07, 6.45) is 0.256. The molecular weight excluding hydrogens is 272 g/mol. The van der Waals surface area contributed by atoms with Gasteiger partial charge in [0.2, 0.25) is 11.8 Å². The van der Waals surface area contributed by atoms with E-state index in [0.717, 1.165) is 32.7 Å². The number of carbonyl (C=O) groups is 2. The van der Waals surface area contributed by atoms with E-state index in [-0.39, 0.29) is 24.3 Å². The van der Waals surface area contributed by atoms with Crippen LogP contribution in [0.25, 0.3) is 0 Å². The molecule has 1 unspecified atom stereocenters. The fourth-order valence-electron chi connectivity index (χ4n) is 2.73. The molecule has 2 rings (SSSR count). The molecule has 2 amide bonds. The van der Waals surface area contributed by atoms with Gasteiger partial charge in [-0.15, -0.1) is 0 Å². The van der Waals surface area contributed by atoms with Gasteiger partial charge in [-0.25, -0.2) is 0 Å². The average molecular weight is 298 g/mol. The Balaban J connectivity index is 1.83. The lowest BCUT2D eigenvalue weighted by Crippen LogP contribution is -2.57. The van der Waals surface area contributed by atoms with Gasteiger partial charge in [0.1, 0.15) is 0 Å². The first-order chi connectivity index (χ1) is 10.1. The van der Waals surface area contributed by atoms with Gasteiger partial charge in [-0.1, -0.05) is 0 Å². The summed E-state index contributed by atoms with van der Waals surface area (Å²) in [5.41, 5.74) is 0. The van der Waals surface area contributed by atoms with E-state index in [1.54, 1.807) is 12.0 Å². The Kier molecular flexibility index (Phi) is 5.96. The van der Waals surface area contributed by atoms with Gasteiger partial charge in [-0.05, 0) is 7.05 Å². The first-order valence-corrected chi connectivity index (χ1v) is 7.59. The summed E-state index contributed by atoms with van der Waals surface area (Å²) < 4.78 is 5.02. The highest BCUT2D eigenvalue weighted by Crippen LogP contribution is 2.09. The molecule has 0 aromatic carbocycles. The maximum atomic E-state index is 12.3. The van der Waals surface area contributed by atoms with E-state index in [1.165, 1.54) is 0 Å². The number of nitrogens with one attached hydrogen (secondary N) is 1. The number of carbonyl (C=O) groups excluding carboxylic acids is 2. The number of hydrogen-bond donors (Lipinski definition) is 1. The second-order valence-corrected chi connectivity index (χ2v) is 5.71. The van der Waals surface area contributed by atoms with Crippen molar-refractivity contribution in [2.24, 2.45) is 0 Å². The van der Waals surface area contributed by atoms with Crippen molar-refractivity contribution in [3.05, 3.63) is 0 Å². The second-order valence-electron chi connectivity index (χ2n) is 5.71. The van der Waals surface area contributed by atoms with Crippen LogP contribution in [-0.2, 0) is 14.3 Å². The van der Waals surface area contributed by atoms with Crippen LogP contribution in [0.1, 0.15) is 6.42 Å². The predicted octanol–water partition coefficient (Wildman–Crippen LogP) is -1.40. The highest BCUT2D eigenvalue weighted by Gasteiger charge is 2.31. The van der Waals surface area contributed by atoms with Crippen LogP contribution in [0.4, 0.5) is 0 Å². The van der Waals surface area contributed by atoms with Crippen LogP contribution in [0.3, 0.4) is 0 Å². The summed E-state index contributed by atoms with van der Waals surface area (Å²) in [5, 5.41) is 3.16. The molecule has 0 aromatic rings. The van der Waals surface area contributed by atoms with Crippen molar-refractivity contribution >= 4 is 11.8 Å². The minimum Gasteiger partial charge on any atom is -0.383 e. The monoisotopic (exact) mass is 298 g/mol. The summed E-state index contributed by atoms with van der Waals surface area (Å²) in [7, 11) is 3.68. The first kappa shape index (κ1) is 16.2. The Bertz CT molecular complexity index is 369. The molecule has 2 aliphatic heterocycles. The van der Waals surface area contributed by atoms with Gasteiger partial charge >= 0.3 is 0 Å². The Morgan fingerprint density at radius 1 is 1.29 bits per heavy atom. The highest BCUT2D eigenvalue weighted by molar-refractivity contribution is 5.89. The molecule has 2 fully saturated rings. The minimum absolute atomic E-state index is 0.0146. The van der Waals surface area contributed by atoms with Crippen molar-refractivity contribution in [1.82, 2.24) is 20.0 Å². The molecule has 7 heteroatoms. The molecule has 0 aliphatic carbocycles. The topological polar surface area (TPSA) is 65.1 Å². The highest BCUT2D eigenvalue weighted by atomic mass is 16.5. The number of methoxy groups -OCH3 is 1. The van der Waals surface area contributed by atoms with Crippen LogP contribution in [-0.4, -0.2) is 99.1 Å². The van der Waals surface area contributed by atoms with Crippen LogP contribution in [0.2, 0.25) is 0 Å². The number of nitrogens with zero attached hydrogens (tertiary/aromatic N) is 3. The number of rotatable bonds is 5. The van der Waals surface area contributed by atoms with Crippen LogP contribution < -0.4 is 5.32 Å². The maximum absolute atomic E-state index is 12.3. The zero-order valence-electron chi connectivity index (χ0n) is 13.0. The van der Waals surface area contributed by atoms with E-state index >= 15 is 0 Å². The van der Waals surface area contributed by atoms with Gasteiger partial charge in [0.25, 0.3) is 0 Å². The van der Waals surface area contributed by atoms with Gasteiger partial charge in [-0.2, -0.15) is 0 Å². The fourth-order valence-corrected chi connectivity index (χ4v) is 2.73. The Morgan fingerprint density at radius 3 is 2.67 bits per heavy atom. The molecule has 1 N–H and O–H groups in total. The van der Waals surface area contributed by atoms with Gasteiger partial charge < -0.3 is 24.8 Å². The van der Waals surface area contributed by atoms with E-state index in [9.17, 15) is 9.59 Å². The lowest BCUT2D eigenvalue weighted by molar-refractivity contribution is -0.142. The van der Waals surface area contributed by atoms with Crippen molar-refractivity contribution in [2.45, 2.75) is 12.5 Å². The maximum Gasteiger partial charge on any atom is 0.240 e. The van der Waals surface area contributed by atoms with Gasteiger partial charge in [0.05, 0.1) is 19.1 Å². The number of piperazine rings is 2. The lowest BCUT2D eigenvalue weighted by Gasteiger charge is -2.36. The van der Waals surface area contributed by atoms with Crippen LogP contribution in [0.5, 0.6) is 0 Å². The van der Waals surface area contributed by atoms with E-state index < -0.39 is 0 Å². The molecule has 0 aromatic heterocycles. The van der Waals surface area contributed by atoms with Crippen LogP contribution in [0.15, 0.2) is 0 Å². The Morgan fingerprint density at radius 2 is 2.00 bits per heavy atom. The van der Waals surface area contributed by atoms with Crippen molar-refractivity contribution in [2.75, 3.05) is 66.6 Å². The SMILES string of the molecule is COCCN1CCNC(CC(=O)N2CCN(C)CC2)C1=O. The van der Waals surface area contributed by atoms with E-state index in [1.807, 2.05) is 4.90 Å². The Labute approximate surface area is 126 Å². The number of likely N-dealkylation sites (N-methyl/N-ethyl adjacent to an activating group) is 1. The summed E-state index contributed by atoms with van der Waals surface area (Å²) >= 11 is 0. The molecule has 0 bridgehead atoms. The van der Waals surface area contributed by atoms with Crippen LogP contribution >= 0.6 is 0 Å². The largest absolute Gasteiger partial charge is 0.383 e. The molecule has 0 spiro atoms. The summed E-state index contributed by atoms with van der Waals surface area (Å²) in [4.78, 5) is 30.5. The third-order valence-corrected chi connectivity index (χ3v) is 4.18. The number of ether oxygens (including phenoxy) is 1. The van der Waals surface area contributed by atoms with Gasteiger partial charge in [-0.3, -0.25) is 9.59 Å². The third-order valence-electron chi connectivity index (χ3n) is 4.18. The van der Waals surface area contributed by atoms with Gasteiger partial charge in [0.15, 0.2) is 0 Å². The normalized spacial score (nSPS) is 24.5. The van der Waals surface area contributed by atoms with E-state index in [4.69, 9.17) is 4.74 Å². The smallest absolute Gasteiger partial charge is 0.240 e. The second kappa shape index (κ2) is 7.72. The lowest BCUT2D eigenvalue weighted by atomic mass is 10.1. The molecule has 1 atom stereocenters. The zero-order chi connectivity index (χ0) is 15.2. The standard InChI is InChI=1S/C14H26N4O3/c1-16-5-7-17(8-6-16)13(19)11-12-14(20)18(4-3-15-12)9-10-21-2/h12,15H,3-11H2,1-2H3. The third kappa shape index (κ3) is 4.39. The predicted molar refractivity (Wildman–Crippen MR) is 78.9 cm³/mol. The number of amides is 2. The average Bonchev–Trinajstić information content (AvgIpc) is 2.49. The molecule has 21 heavy (non-hydrogen) atoms. The minimum atomic E-state index is -0.386. The molecule has 120 valence electrons. The Hall–Kier alpha value is -1.18. The van der Waals surface area contributed by atoms with Crippen LogP contribution in [0, 0.1) is 0 Å².